The average Bonchev–Trinajstić information content (AvgIpc) is 2.34. The second-order valence-corrected chi connectivity index (χ2v) is 4.41. The first kappa shape index (κ1) is 12.5. The maximum Gasteiger partial charge on any atom is 0.354 e. The number of pyridine rings is 1. The number of nitrogens with zero attached hydrogens (tertiary/aromatic N) is 2. The minimum atomic E-state index is -1.07. The monoisotopic (exact) mass is 248 g/mol. The summed E-state index contributed by atoms with van der Waals surface area (Å²) in [6, 6.07) is 3.15. The summed E-state index contributed by atoms with van der Waals surface area (Å²) in [5.41, 5.74) is 0.608. The quantitative estimate of drug-likeness (QED) is 0.869. The lowest BCUT2D eigenvalue weighted by molar-refractivity contribution is -0.118. The molecule has 1 fully saturated rings. The molecule has 0 saturated carbocycles. The highest BCUT2D eigenvalue weighted by Crippen LogP contribution is 2.20. The Balaban J connectivity index is 2.24. The van der Waals surface area contributed by atoms with Gasteiger partial charge in [0.25, 0.3) is 0 Å². The SMILES string of the molecule is O=C(O)c1cc(N2CCCCCCC2=O)ccn1. The molecule has 1 amide bonds. The molecule has 0 radical (unpaired) electrons. The van der Waals surface area contributed by atoms with Gasteiger partial charge in [0, 0.05) is 24.8 Å². The number of hydrogen-bond acceptors (Lipinski definition) is 3. The summed E-state index contributed by atoms with van der Waals surface area (Å²) >= 11 is 0. The molecule has 0 unspecified atom stereocenters. The Morgan fingerprint density at radius 3 is 2.83 bits per heavy atom. The minimum Gasteiger partial charge on any atom is -0.477 e. The van der Waals surface area contributed by atoms with Gasteiger partial charge in [-0.25, -0.2) is 9.78 Å². The van der Waals surface area contributed by atoms with E-state index in [2.05, 4.69) is 4.98 Å². The molecule has 0 atom stereocenters. The van der Waals surface area contributed by atoms with Crippen molar-refractivity contribution in [1.82, 2.24) is 4.98 Å². The molecule has 5 heteroatoms. The van der Waals surface area contributed by atoms with Gasteiger partial charge in [0.05, 0.1) is 0 Å². The van der Waals surface area contributed by atoms with Crippen molar-refractivity contribution in [1.29, 1.82) is 0 Å². The molecule has 1 aromatic heterocycles. The average molecular weight is 248 g/mol. The number of aromatic carboxylic acids is 1. The zero-order valence-corrected chi connectivity index (χ0v) is 10.1. The molecular weight excluding hydrogens is 232 g/mol. The van der Waals surface area contributed by atoms with Crippen LogP contribution in [0.25, 0.3) is 0 Å². The van der Waals surface area contributed by atoms with E-state index in [4.69, 9.17) is 5.11 Å². The zero-order valence-electron chi connectivity index (χ0n) is 10.1. The van der Waals surface area contributed by atoms with Crippen molar-refractivity contribution in [3.63, 3.8) is 0 Å². The van der Waals surface area contributed by atoms with E-state index in [9.17, 15) is 9.59 Å². The molecule has 1 aromatic rings. The van der Waals surface area contributed by atoms with Gasteiger partial charge in [-0.2, -0.15) is 0 Å². The largest absolute Gasteiger partial charge is 0.477 e. The van der Waals surface area contributed by atoms with E-state index in [-0.39, 0.29) is 11.6 Å². The van der Waals surface area contributed by atoms with E-state index in [1.165, 1.54) is 12.3 Å². The van der Waals surface area contributed by atoms with Gasteiger partial charge in [-0.1, -0.05) is 12.8 Å². The second-order valence-electron chi connectivity index (χ2n) is 4.41. The van der Waals surface area contributed by atoms with E-state index >= 15 is 0 Å². The van der Waals surface area contributed by atoms with Gasteiger partial charge in [-0.3, -0.25) is 4.79 Å². The van der Waals surface area contributed by atoms with Crippen LogP contribution in [0, 0.1) is 0 Å². The van der Waals surface area contributed by atoms with Crippen LogP contribution in [0.2, 0.25) is 0 Å². The summed E-state index contributed by atoms with van der Waals surface area (Å²) in [7, 11) is 0. The molecule has 0 bridgehead atoms. The lowest BCUT2D eigenvalue weighted by Crippen LogP contribution is -2.33. The number of hydrogen-bond donors (Lipinski definition) is 1. The van der Waals surface area contributed by atoms with Gasteiger partial charge in [-0.05, 0) is 25.0 Å². The van der Waals surface area contributed by atoms with Crippen molar-refractivity contribution in [2.45, 2.75) is 32.1 Å². The van der Waals surface area contributed by atoms with Gasteiger partial charge in [0.1, 0.15) is 5.69 Å². The molecule has 96 valence electrons. The molecule has 0 aliphatic carbocycles. The van der Waals surface area contributed by atoms with Crippen molar-refractivity contribution >= 4 is 17.6 Å². The van der Waals surface area contributed by atoms with Crippen LogP contribution in [0.15, 0.2) is 18.3 Å². The Morgan fingerprint density at radius 2 is 2.06 bits per heavy atom. The number of anilines is 1. The van der Waals surface area contributed by atoms with Crippen LogP contribution in [0.3, 0.4) is 0 Å². The van der Waals surface area contributed by atoms with Crippen molar-refractivity contribution in [3.8, 4) is 0 Å². The Kier molecular flexibility index (Phi) is 3.92. The Bertz CT molecular complexity index is 459. The van der Waals surface area contributed by atoms with Crippen LogP contribution in [0.4, 0.5) is 5.69 Å². The molecule has 1 aliphatic heterocycles. The van der Waals surface area contributed by atoms with E-state index in [1.807, 2.05) is 0 Å². The van der Waals surface area contributed by atoms with Crippen LogP contribution >= 0.6 is 0 Å². The van der Waals surface area contributed by atoms with Gasteiger partial charge in [0.2, 0.25) is 5.91 Å². The number of carbonyl (C=O) groups excluding carboxylic acids is 1. The summed E-state index contributed by atoms with van der Waals surface area (Å²) in [4.78, 5) is 28.3. The molecule has 1 saturated heterocycles. The third-order valence-corrected chi connectivity index (χ3v) is 3.10. The van der Waals surface area contributed by atoms with Crippen LogP contribution in [-0.4, -0.2) is 28.5 Å². The van der Waals surface area contributed by atoms with Crippen molar-refractivity contribution < 1.29 is 14.7 Å². The van der Waals surface area contributed by atoms with Gasteiger partial charge in [-0.15, -0.1) is 0 Å². The predicted molar refractivity (Wildman–Crippen MR) is 66.6 cm³/mol. The molecule has 1 aliphatic rings. The van der Waals surface area contributed by atoms with Crippen LogP contribution < -0.4 is 4.90 Å². The third kappa shape index (κ3) is 2.85. The summed E-state index contributed by atoms with van der Waals surface area (Å²) in [6.07, 6.45) is 6.04. The minimum absolute atomic E-state index is 0.0256. The summed E-state index contributed by atoms with van der Waals surface area (Å²) in [5.74, 6) is -1.01. The second kappa shape index (κ2) is 5.62. The molecule has 5 nitrogen and oxygen atoms in total. The summed E-state index contributed by atoms with van der Waals surface area (Å²) in [5, 5.41) is 8.91. The molecule has 1 N–H and O–H groups in total. The first-order chi connectivity index (χ1) is 8.68. The van der Waals surface area contributed by atoms with Crippen molar-refractivity contribution in [2.24, 2.45) is 0 Å². The Hall–Kier alpha value is -1.91. The fourth-order valence-electron chi connectivity index (χ4n) is 2.14. The summed E-state index contributed by atoms with van der Waals surface area (Å²) in [6.45, 7) is 0.655. The van der Waals surface area contributed by atoms with Gasteiger partial charge >= 0.3 is 5.97 Å². The van der Waals surface area contributed by atoms with E-state index in [0.717, 1.165) is 25.7 Å². The molecule has 2 rings (SSSR count). The maximum atomic E-state index is 12.0. The smallest absolute Gasteiger partial charge is 0.354 e. The Labute approximate surface area is 105 Å². The first-order valence-electron chi connectivity index (χ1n) is 6.18. The molecule has 18 heavy (non-hydrogen) atoms. The number of amides is 1. The number of carboxylic acid groups (broad SMARTS) is 1. The molecule has 2 heterocycles. The predicted octanol–water partition coefficient (Wildman–Crippen LogP) is 2.08. The standard InChI is InChI=1S/C13H16N2O3/c16-12-5-3-1-2-4-8-15(12)10-6-7-14-11(9-10)13(17)18/h6-7,9H,1-5,8H2,(H,17,18). The van der Waals surface area contributed by atoms with Gasteiger partial charge in [0.15, 0.2) is 0 Å². The number of aromatic nitrogens is 1. The fourth-order valence-corrected chi connectivity index (χ4v) is 2.14. The molecule has 0 spiro atoms. The Morgan fingerprint density at radius 1 is 1.28 bits per heavy atom. The topological polar surface area (TPSA) is 70.5 Å². The zero-order chi connectivity index (χ0) is 13.0. The third-order valence-electron chi connectivity index (χ3n) is 3.10. The van der Waals surface area contributed by atoms with Crippen molar-refractivity contribution in [3.05, 3.63) is 24.0 Å². The highest BCUT2D eigenvalue weighted by atomic mass is 16.4. The van der Waals surface area contributed by atoms with E-state index in [0.29, 0.717) is 18.7 Å². The van der Waals surface area contributed by atoms with Crippen LogP contribution in [0.5, 0.6) is 0 Å². The van der Waals surface area contributed by atoms with E-state index in [1.54, 1.807) is 11.0 Å². The first-order valence-corrected chi connectivity index (χ1v) is 6.18. The number of rotatable bonds is 2. The lowest BCUT2D eigenvalue weighted by atomic mass is 10.1. The summed E-state index contributed by atoms with van der Waals surface area (Å²) < 4.78 is 0. The lowest BCUT2D eigenvalue weighted by Gasteiger charge is -2.24. The number of carbonyl (C=O) groups is 2. The maximum absolute atomic E-state index is 12.0. The van der Waals surface area contributed by atoms with E-state index < -0.39 is 5.97 Å². The van der Waals surface area contributed by atoms with Crippen molar-refractivity contribution in [2.75, 3.05) is 11.4 Å². The van der Waals surface area contributed by atoms with Crippen LogP contribution in [0.1, 0.15) is 42.6 Å². The van der Waals surface area contributed by atoms with Gasteiger partial charge < -0.3 is 10.0 Å². The fraction of sp³-hybridized carbons (Fsp3) is 0.462. The molecule has 0 aromatic carbocycles. The highest BCUT2D eigenvalue weighted by Gasteiger charge is 2.18. The number of carboxylic acids is 1. The van der Waals surface area contributed by atoms with Crippen LogP contribution in [-0.2, 0) is 4.79 Å². The highest BCUT2D eigenvalue weighted by molar-refractivity contribution is 5.95. The normalized spacial score (nSPS) is 17.1. The molecular formula is C13H16N2O3.